The lowest BCUT2D eigenvalue weighted by molar-refractivity contribution is 0.441. The predicted octanol–water partition coefficient (Wildman–Crippen LogP) is 3.90. The smallest absolute Gasteiger partial charge is 0.167 e. The molecular formula is C16H15FN2O. The Kier molecular flexibility index (Phi) is 4.34. The van der Waals surface area contributed by atoms with Gasteiger partial charge < -0.3 is 10.5 Å². The van der Waals surface area contributed by atoms with Gasteiger partial charge in [-0.1, -0.05) is 19.1 Å². The summed E-state index contributed by atoms with van der Waals surface area (Å²) in [5.41, 5.74) is 7.16. The average molecular weight is 270 g/mol. The minimum atomic E-state index is -0.561. The second kappa shape index (κ2) is 6.18. The Morgan fingerprint density at radius 2 is 2.10 bits per heavy atom. The number of nitrogens with two attached hydrogens (primary N) is 1. The Bertz CT molecular complexity index is 649. The Balaban J connectivity index is 2.24. The van der Waals surface area contributed by atoms with Crippen molar-refractivity contribution < 1.29 is 9.13 Å². The van der Waals surface area contributed by atoms with E-state index < -0.39 is 5.82 Å². The highest BCUT2D eigenvalue weighted by Crippen LogP contribution is 2.27. The number of hydrogen-bond acceptors (Lipinski definition) is 3. The van der Waals surface area contributed by atoms with E-state index in [1.807, 2.05) is 25.1 Å². The van der Waals surface area contributed by atoms with Crippen LogP contribution in [-0.2, 0) is 0 Å². The molecule has 0 saturated heterocycles. The maximum absolute atomic E-state index is 13.7. The molecule has 2 aromatic rings. The summed E-state index contributed by atoms with van der Waals surface area (Å²) >= 11 is 0. The monoisotopic (exact) mass is 270 g/mol. The van der Waals surface area contributed by atoms with Crippen LogP contribution >= 0.6 is 0 Å². The molecule has 0 bridgehead atoms. The highest BCUT2D eigenvalue weighted by Gasteiger charge is 2.08. The molecule has 2 aromatic carbocycles. The van der Waals surface area contributed by atoms with Crippen LogP contribution < -0.4 is 10.5 Å². The molecule has 2 N–H and O–H groups in total. The van der Waals surface area contributed by atoms with Gasteiger partial charge in [0.15, 0.2) is 11.6 Å². The fourth-order valence-corrected chi connectivity index (χ4v) is 1.82. The van der Waals surface area contributed by atoms with E-state index in [2.05, 4.69) is 0 Å². The van der Waals surface area contributed by atoms with Gasteiger partial charge in [0.2, 0.25) is 0 Å². The second-order valence-corrected chi connectivity index (χ2v) is 4.45. The van der Waals surface area contributed by atoms with Crippen molar-refractivity contribution in [1.29, 1.82) is 5.26 Å². The van der Waals surface area contributed by atoms with Crippen LogP contribution in [0.5, 0.6) is 11.5 Å². The van der Waals surface area contributed by atoms with E-state index in [0.717, 1.165) is 18.1 Å². The maximum atomic E-state index is 13.7. The van der Waals surface area contributed by atoms with Gasteiger partial charge in [-0.15, -0.1) is 0 Å². The molecule has 1 atom stereocenters. The van der Waals surface area contributed by atoms with Crippen molar-refractivity contribution in [3.8, 4) is 17.6 Å². The second-order valence-electron chi connectivity index (χ2n) is 4.45. The summed E-state index contributed by atoms with van der Waals surface area (Å²) in [5, 5.41) is 8.70. The van der Waals surface area contributed by atoms with Crippen LogP contribution in [0.3, 0.4) is 0 Å². The molecule has 0 aliphatic carbocycles. The van der Waals surface area contributed by atoms with Crippen molar-refractivity contribution in [2.24, 2.45) is 5.73 Å². The molecule has 0 spiro atoms. The van der Waals surface area contributed by atoms with Crippen molar-refractivity contribution in [3.05, 3.63) is 59.4 Å². The quantitative estimate of drug-likeness (QED) is 0.916. The fraction of sp³-hybridized carbons (Fsp3) is 0.188. The van der Waals surface area contributed by atoms with Gasteiger partial charge in [-0.3, -0.25) is 0 Å². The number of rotatable bonds is 4. The Morgan fingerprint density at radius 1 is 1.30 bits per heavy atom. The molecule has 0 aliphatic heterocycles. The zero-order valence-corrected chi connectivity index (χ0v) is 11.1. The first-order valence-corrected chi connectivity index (χ1v) is 6.37. The number of benzene rings is 2. The SMILES string of the molecule is CCC(N)c1cccc(Oc2ccc(C#N)cc2F)c1. The van der Waals surface area contributed by atoms with Crippen molar-refractivity contribution in [1.82, 2.24) is 0 Å². The molecule has 0 saturated carbocycles. The lowest BCUT2D eigenvalue weighted by Crippen LogP contribution is -2.08. The third-order valence-corrected chi connectivity index (χ3v) is 3.01. The zero-order chi connectivity index (χ0) is 14.5. The molecule has 102 valence electrons. The fourth-order valence-electron chi connectivity index (χ4n) is 1.82. The highest BCUT2D eigenvalue weighted by molar-refractivity contribution is 5.39. The van der Waals surface area contributed by atoms with Gasteiger partial charge >= 0.3 is 0 Å². The molecule has 0 radical (unpaired) electrons. The lowest BCUT2D eigenvalue weighted by atomic mass is 10.1. The van der Waals surface area contributed by atoms with Crippen molar-refractivity contribution in [3.63, 3.8) is 0 Å². The average Bonchev–Trinajstić information content (AvgIpc) is 2.48. The molecule has 1 unspecified atom stereocenters. The Labute approximate surface area is 117 Å². The van der Waals surface area contributed by atoms with Crippen LogP contribution in [0.1, 0.15) is 30.5 Å². The van der Waals surface area contributed by atoms with E-state index in [0.29, 0.717) is 5.75 Å². The van der Waals surface area contributed by atoms with Gasteiger partial charge in [0.1, 0.15) is 5.75 Å². The highest BCUT2D eigenvalue weighted by atomic mass is 19.1. The summed E-state index contributed by atoms with van der Waals surface area (Å²) in [7, 11) is 0. The van der Waals surface area contributed by atoms with Gasteiger partial charge in [-0.2, -0.15) is 5.26 Å². The van der Waals surface area contributed by atoms with Crippen molar-refractivity contribution >= 4 is 0 Å². The van der Waals surface area contributed by atoms with E-state index >= 15 is 0 Å². The summed E-state index contributed by atoms with van der Waals surface area (Å²) in [6.45, 7) is 2.00. The van der Waals surface area contributed by atoms with Crippen LogP contribution in [0.2, 0.25) is 0 Å². The van der Waals surface area contributed by atoms with Crippen LogP contribution in [0.15, 0.2) is 42.5 Å². The van der Waals surface area contributed by atoms with Crippen LogP contribution in [0.25, 0.3) is 0 Å². The summed E-state index contributed by atoms with van der Waals surface area (Å²) < 4.78 is 19.3. The standard InChI is InChI=1S/C16H15FN2O/c1-2-15(19)12-4-3-5-13(9-12)20-16-7-6-11(10-18)8-14(16)17/h3-9,15H,2,19H2,1H3. The van der Waals surface area contributed by atoms with Crippen molar-refractivity contribution in [2.75, 3.05) is 0 Å². The van der Waals surface area contributed by atoms with Gasteiger partial charge in [0.25, 0.3) is 0 Å². The van der Waals surface area contributed by atoms with E-state index in [1.54, 1.807) is 12.1 Å². The predicted molar refractivity (Wildman–Crippen MR) is 74.9 cm³/mol. The third kappa shape index (κ3) is 3.14. The molecule has 4 heteroatoms. The summed E-state index contributed by atoms with van der Waals surface area (Å²) in [6, 6.07) is 13.2. The molecule has 0 aliphatic rings. The lowest BCUT2D eigenvalue weighted by Gasteiger charge is -2.12. The first-order chi connectivity index (χ1) is 9.63. The Hall–Kier alpha value is -2.38. The minimum Gasteiger partial charge on any atom is -0.454 e. The number of halogens is 1. The van der Waals surface area contributed by atoms with Crippen LogP contribution in [-0.4, -0.2) is 0 Å². The molecule has 0 heterocycles. The zero-order valence-electron chi connectivity index (χ0n) is 11.1. The van der Waals surface area contributed by atoms with E-state index in [4.69, 9.17) is 15.7 Å². The molecule has 0 amide bonds. The van der Waals surface area contributed by atoms with E-state index in [9.17, 15) is 4.39 Å². The van der Waals surface area contributed by atoms with Crippen LogP contribution in [0.4, 0.5) is 4.39 Å². The third-order valence-electron chi connectivity index (χ3n) is 3.01. The molecule has 3 nitrogen and oxygen atoms in total. The number of hydrogen-bond donors (Lipinski definition) is 1. The first-order valence-electron chi connectivity index (χ1n) is 6.37. The first kappa shape index (κ1) is 14.0. The number of nitrogens with zero attached hydrogens (tertiary/aromatic N) is 1. The van der Waals surface area contributed by atoms with Crippen LogP contribution in [0, 0.1) is 17.1 Å². The van der Waals surface area contributed by atoms with Gasteiger partial charge in [0.05, 0.1) is 11.6 Å². The molecule has 0 aromatic heterocycles. The maximum Gasteiger partial charge on any atom is 0.167 e. The number of nitriles is 1. The largest absolute Gasteiger partial charge is 0.454 e. The Morgan fingerprint density at radius 3 is 2.75 bits per heavy atom. The topological polar surface area (TPSA) is 59.0 Å². The summed E-state index contributed by atoms with van der Waals surface area (Å²) in [4.78, 5) is 0. The van der Waals surface area contributed by atoms with Gasteiger partial charge in [-0.25, -0.2) is 4.39 Å². The molecule has 0 fully saturated rings. The molecular weight excluding hydrogens is 255 g/mol. The summed E-state index contributed by atoms with van der Waals surface area (Å²) in [6.07, 6.45) is 0.814. The molecule has 20 heavy (non-hydrogen) atoms. The van der Waals surface area contributed by atoms with Gasteiger partial charge in [-0.05, 0) is 42.3 Å². The number of ether oxygens (including phenoxy) is 1. The summed E-state index contributed by atoms with van der Waals surface area (Å²) in [5.74, 6) is 0.0514. The molecule has 2 rings (SSSR count). The van der Waals surface area contributed by atoms with E-state index in [1.165, 1.54) is 12.1 Å². The van der Waals surface area contributed by atoms with E-state index in [-0.39, 0.29) is 17.4 Å². The normalized spacial score (nSPS) is 11.7. The van der Waals surface area contributed by atoms with Gasteiger partial charge in [0, 0.05) is 6.04 Å². The van der Waals surface area contributed by atoms with Crippen molar-refractivity contribution in [2.45, 2.75) is 19.4 Å². The minimum absolute atomic E-state index is 0.0654.